The standard InChI is InChI=1S/C12H12N4.C10H8N2/c13-9-6-7-12(11(14)8-9)16-15-10-4-2-1-3-5-10;1-3-7-11-9(5-1)10-6-2-4-8-12-10/h1-8H,13-14H2;1-8H/b16-15+;. The molecule has 2 aromatic heterocycles. The van der Waals surface area contributed by atoms with Gasteiger partial charge in [-0.25, -0.2) is 0 Å². The number of hydrogen-bond donors (Lipinski definition) is 2. The molecule has 0 aliphatic heterocycles. The molecule has 0 bridgehead atoms. The molecule has 0 aliphatic rings. The number of nitrogens with zero attached hydrogens (tertiary/aromatic N) is 4. The number of azo groups is 1. The second-order valence-electron chi connectivity index (χ2n) is 5.78. The molecule has 6 nitrogen and oxygen atoms in total. The highest BCUT2D eigenvalue weighted by atomic mass is 15.1. The fourth-order valence-electron chi connectivity index (χ4n) is 2.30. The van der Waals surface area contributed by atoms with Crippen LogP contribution in [0.2, 0.25) is 0 Å². The monoisotopic (exact) mass is 368 g/mol. The number of pyridine rings is 2. The van der Waals surface area contributed by atoms with Crippen molar-refractivity contribution in [1.82, 2.24) is 9.97 Å². The van der Waals surface area contributed by atoms with Crippen LogP contribution in [0.3, 0.4) is 0 Å². The fraction of sp³-hybridized carbons (Fsp3) is 0. The lowest BCUT2D eigenvalue weighted by Crippen LogP contribution is -1.89. The van der Waals surface area contributed by atoms with Gasteiger partial charge < -0.3 is 11.5 Å². The maximum Gasteiger partial charge on any atom is 0.109 e. The number of anilines is 2. The van der Waals surface area contributed by atoms with E-state index in [0.717, 1.165) is 17.1 Å². The molecular formula is C22H20N6. The number of nitrogen functional groups attached to an aromatic ring is 2. The maximum atomic E-state index is 5.75. The Morgan fingerprint density at radius 3 is 1.75 bits per heavy atom. The van der Waals surface area contributed by atoms with Gasteiger partial charge in [0.25, 0.3) is 0 Å². The normalized spacial score (nSPS) is 10.3. The second kappa shape index (κ2) is 9.59. The lowest BCUT2D eigenvalue weighted by atomic mass is 10.2. The van der Waals surface area contributed by atoms with Crippen molar-refractivity contribution in [2.24, 2.45) is 10.2 Å². The van der Waals surface area contributed by atoms with E-state index in [-0.39, 0.29) is 0 Å². The van der Waals surface area contributed by atoms with Gasteiger partial charge in [-0.2, -0.15) is 5.11 Å². The molecule has 0 atom stereocenters. The van der Waals surface area contributed by atoms with Crippen LogP contribution in [0.4, 0.5) is 22.7 Å². The maximum absolute atomic E-state index is 5.75. The van der Waals surface area contributed by atoms with Crippen LogP contribution in [0.1, 0.15) is 0 Å². The molecule has 6 heteroatoms. The molecule has 28 heavy (non-hydrogen) atoms. The van der Waals surface area contributed by atoms with Gasteiger partial charge in [0.1, 0.15) is 5.69 Å². The van der Waals surface area contributed by atoms with Crippen LogP contribution >= 0.6 is 0 Å². The lowest BCUT2D eigenvalue weighted by Gasteiger charge is -1.99. The van der Waals surface area contributed by atoms with Gasteiger partial charge in [0, 0.05) is 18.1 Å². The largest absolute Gasteiger partial charge is 0.399 e. The molecule has 0 saturated heterocycles. The van der Waals surface area contributed by atoms with E-state index in [4.69, 9.17) is 11.5 Å². The van der Waals surface area contributed by atoms with Gasteiger partial charge in [0.2, 0.25) is 0 Å². The zero-order valence-electron chi connectivity index (χ0n) is 15.2. The number of aromatic nitrogens is 2. The Hall–Kier alpha value is -4.06. The molecule has 2 aromatic carbocycles. The van der Waals surface area contributed by atoms with E-state index >= 15 is 0 Å². The smallest absolute Gasteiger partial charge is 0.109 e. The molecule has 4 rings (SSSR count). The van der Waals surface area contributed by atoms with Gasteiger partial charge in [-0.1, -0.05) is 30.3 Å². The minimum Gasteiger partial charge on any atom is -0.399 e. The Balaban J connectivity index is 0.000000167. The summed E-state index contributed by atoms with van der Waals surface area (Å²) in [6.07, 6.45) is 3.54. The van der Waals surface area contributed by atoms with Crippen molar-refractivity contribution in [2.75, 3.05) is 11.5 Å². The van der Waals surface area contributed by atoms with Crippen LogP contribution in [0, 0.1) is 0 Å². The van der Waals surface area contributed by atoms with E-state index in [1.807, 2.05) is 66.7 Å². The Kier molecular flexibility index (Phi) is 6.41. The quantitative estimate of drug-likeness (QED) is 0.373. The molecule has 0 fully saturated rings. The van der Waals surface area contributed by atoms with Crippen LogP contribution in [0.15, 0.2) is 108 Å². The first kappa shape index (κ1) is 18.7. The lowest BCUT2D eigenvalue weighted by molar-refractivity contribution is 1.23. The van der Waals surface area contributed by atoms with Gasteiger partial charge in [-0.3, -0.25) is 9.97 Å². The van der Waals surface area contributed by atoms with Gasteiger partial charge in [0.15, 0.2) is 0 Å². The summed E-state index contributed by atoms with van der Waals surface area (Å²) in [7, 11) is 0. The molecule has 138 valence electrons. The highest BCUT2D eigenvalue weighted by Crippen LogP contribution is 2.26. The minimum atomic E-state index is 0.527. The number of nitrogens with two attached hydrogens (primary N) is 2. The van der Waals surface area contributed by atoms with E-state index in [9.17, 15) is 0 Å². The number of benzene rings is 2. The molecule has 0 radical (unpaired) electrons. The predicted octanol–water partition coefficient (Wildman–Crippen LogP) is 5.41. The van der Waals surface area contributed by atoms with E-state index < -0.39 is 0 Å². The first-order chi connectivity index (χ1) is 13.7. The van der Waals surface area contributed by atoms with Crippen LogP contribution < -0.4 is 11.5 Å². The van der Waals surface area contributed by atoms with Crippen molar-refractivity contribution in [3.8, 4) is 11.4 Å². The topological polar surface area (TPSA) is 103 Å². The van der Waals surface area contributed by atoms with Crippen molar-refractivity contribution in [3.63, 3.8) is 0 Å². The molecule has 0 aliphatic carbocycles. The van der Waals surface area contributed by atoms with E-state index in [1.54, 1.807) is 30.6 Å². The van der Waals surface area contributed by atoms with E-state index in [2.05, 4.69) is 20.2 Å². The van der Waals surface area contributed by atoms with Crippen molar-refractivity contribution in [2.45, 2.75) is 0 Å². The summed E-state index contributed by atoms with van der Waals surface area (Å²) in [5.41, 5.74) is 15.7. The Bertz CT molecular complexity index is 981. The van der Waals surface area contributed by atoms with Crippen molar-refractivity contribution in [3.05, 3.63) is 97.3 Å². The molecule has 2 heterocycles. The van der Waals surface area contributed by atoms with Gasteiger partial charge in [-0.05, 0) is 54.6 Å². The van der Waals surface area contributed by atoms with Crippen molar-refractivity contribution < 1.29 is 0 Å². The first-order valence-electron chi connectivity index (χ1n) is 8.66. The zero-order chi connectivity index (χ0) is 19.6. The summed E-state index contributed by atoms with van der Waals surface area (Å²) in [4.78, 5) is 8.37. The average Bonchev–Trinajstić information content (AvgIpc) is 2.76. The highest BCUT2D eigenvalue weighted by Gasteiger charge is 1.97. The van der Waals surface area contributed by atoms with E-state index in [1.165, 1.54) is 0 Å². The summed E-state index contributed by atoms with van der Waals surface area (Å²) >= 11 is 0. The second-order valence-corrected chi connectivity index (χ2v) is 5.78. The first-order valence-corrected chi connectivity index (χ1v) is 8.66. The summed E-state index contributed by atoms with van der Waals surface area (Å²) in [5, 5.41) is 8.13. The molecule has 4 N–H and O–H groups in total. The summed E-state index contributed by atoms with van der Waals surface area (Å²) in [6, 6.07) is 26.2. The summed E-state index contributed by atoms with van der Waals surface area (Å²) in [5.74, 6) is 0. The van der Waals surface area contributed by atoms with Crippen LogP contribution in [0.5, 0.6) is 0 Å². The van der Waals surface area contributed by atoms with E-state index in [0.29, 0.717) is 17.1 Å². The summed E-state index contributed by atoms with van der Waals surface area (Å²) in [6.45, 7) is 0. The number of rotatable bonds is 3. The molecule has 4 aromatic rings. The summed E-state index contributed by atoms with van der Waals surface area (Å²) < 4.78 is 0. The Labute approximate surface area is 163 Å². The fourth-order valence-corrected chi connectivity index (χ4v) is 2.30. The minimum absolute atomic E-state index is 0.527. The Morgan fingerprint density at radius 1 is 0.607 bits per heavy atom. The predicted molar refractivity (Wildman–Crippen MR) is 113 cm³/mol. The SMILES string of the molecule is Nc1ccc(/N=N/c2ccccc2)c(N)c1.c1ccc(-c2ccccn2)nc1. The zero-order valence-corrected chi connectivity index (χ0v) is 15.2. The van der Waals surface area contributed by atoms with Gasteiger partial charge in [-0.15, -0.1) is 5.11 Å². The Morgan fingerprint density at radius 2 is 1.21 bits per heavy atom. The van der Waals surface area contributed by atoms with Crippen LogP contribution in [-0.2, 0) is 0 Å². The van der Waals surface area contributed by atoms with Crippen molar-refractivity contribution in [1.29, 1.82) is 0 Å². The third-order valence-corrected chi connectivity index (χ3v) is 3.67. The molecule has 0 unspecified atom stereocenters. The van der Waals surface area contributed by atoms with Gasteiger partial charge >= 0.3 is 0 Å². The average molecular weight is 368 g/mol. The van der Waals surface area contributed by atoms with Crippen molar-refractivity contribution >= 4 is 22.7 Å². The third kappa shape index (κ3) is 5.47. The molecule has 0 amide bonds. The molecule has 0 saturated carbocycles. The highest BCUT2D eigenvalue weighted by molar-refractivity contribution is 5.67. The van der Waals surface area contributed by atoms with Gasteiger partial charge in [0.05, 0.1) is 22.8 Å². The molecular weight excluding hydrogens is 348 g/mol. The number of hydrogen-bond acceptors (Lipinski definition) is 6. The third-order valence-electron chi connectivity index (χ3n) is 3.67. The molecule has 0 spiro atoms. The van der Waals surface area contributed by atoms with Crippen LogP contribution in [0.25, 0.3) is 11.4 Å². The van der Waals surface area contributed by atoms with Crippen LogP contribution in [-0.4, -0.2) is 9.97 Å².